The van der Waals surface area contributed by atoms with Crippen molar-refractivity contribution in [3.8, 4) is 0 Å². The van der Waals surface area contributed by atoms with Crippen LogP contribution >= 0.6 is 11.8 Å². The van der Waals surface area contributed by atoms with E-state index in [0.29, 0.717) is 23.2 Å². The molecule has 2 heterocycles. The monoisotopic (exact) mass is 317 g/mol. The summed E-state index contributed by atoms with van der Waals surface area (Å²) in [5.74, 6) is 7.24. The van der Waals surface area contributed by atoms with Crippen molar-refractivity contribution < 1.29 is 4.79 Å². The lowest BCUT2D eigenvalue weighted by Crippen LogP contribution is -2.29. The van der Waals surface area contributed by atoms with E-state index in [4.69, 9.17) is 5.84 Å². The summed E-state index contributed by atoms with van der Waals surface area (Å²) in [6.07, 6.45) is 2.83. The summed E-state index contributed by atoms with van der Waals surface area (Å²) < 4.78 is 1.48. The number of amides is 1. The van der Waals surface area contributed by atoms with Gasteiger partial charge in [-0.1, -0.05) is 42.1 Å². The Morgan fingerprint density at radius 1 is 1.18 bits per heavy atom. The molecular weight excluding hydrogens is 298 g/mol. The Balaban J connectivity index is 1.59. The first-order valence-corrected chi connectivity index (χ1v) is 8.36. The van der Waals surface area contributed by atoms with E-state index in [9.17, 15) is 4.79 Å². The molecule has 0 aliphatic carbocycles. The third-order valence-corrected chi connectivity index (χ3v) is 4.65. The third-order valence-electron chi connectivity index (χ3n) is 3.72. The maximum Gasteiger partial charge on any atom is 0.233 e. The van der Waals surface area contributed by atoms with Crippen LogP contribution in [-0.4, -0.2) is 44.5 Å². The van der Waals surface area contributed by atoms with Gasteiger partial charge in [-0.05, 0) is 18.4 Å². The predicted molar refractivity (Wildman–Crippen MR) is 86.0 cm³/mol. The fourth-order valence-electron chi connectivity index (χ4n) is 2.49. The molecule has 2 N–H and O–H groups in total. The number of nitrogens with zero attached hydrogens (tertiary/aromatic N) is 4. The highest BCUT2D eigenvalue weighted by atomic mass is 32.2. The average Bonchev–Trinajstić information content (AvgIpc) is 3.18. The highest BCUT2D eigenvalue weighted by Crippen LogP contribution is 2.18. The first-order chi connectivity index (χ1) is 10.7. The van der Waals surface area contributed by atoms with Gasteiger partial charge < -0.3 is 10.7 Å². The van der Waals surface area contributed by atoms with Crippen LogP contribution in [0, 0.1) is 0 Å². The number of carbonyl (C=O) groups excluding carboxylic acids is 1. The molecular formula is C15H19N5OS. The van der Waals surface area contributed by atoms with Crippen LogP contribution in [0.5, 0.6) is 0 Å². The number of hydrogen-bond acceptors (Lipinski definition) is 5. The Morgan fingerprint density at radius 3 is 2.64 bits per heavy atom. The number of nitrogen functional groups attached to an aromatic ring is 1. The molecule has 6 nitrogen and oxygen atoms in total. The summed E-state index contributed by atoms with van der Waals surface area (Å²) in [6, 6.07) is 9.99. The molecule has 1 aromatic heterocycles. The zero-order chi connectivity index (χ0) is 15.4. The van der Waals surface area contributed by atoms with Gasteiger partial charge in [0.15, 0.2) is 5.82 Å². The van der Waals surface area contributed by atoms with Crippen molar-refractivity contribution in [2.24, 2.45) is 0 Å². The molecule has 1 aliphatic heterocycles. The molecule has 0 radical (unpaired) electrons. The second kappa shape index (κ2) is 6.83. The quantitative estimate of drug-likeness (QED) is 0.664. The number of rotatable bonds is 5. The second-order valence-electron chi connectivity index (χ2n) is 5.31. The minimum atomic E-state index is 0.148. The first kappa shape index (κ1) is 14.9. The number of likely N-dealkylation sites (tertiary alicyclic amines) is 1. The van der Waals surface area contributed by atoms with Crippen LogP contribution in [-0.2, 0) is 11.2 Å². The minimum Gasteiger partial charge on any atom is -0.342 e. The highest BCUT2D eigenvalue weighted by molar-refractivity contribution is 7.99. The number of benzene rings is 1. The molecule has 3 rings (SSSR count). The van der Waals surface area contributed by atoms with Crippen molar-refractivity contribution in [2.75, 3.05) is 24.7 Å². The number of aromatic nitrogens is 3. The predicted octanol–water partition coefficient (Wildman–Crippen LogP) is 1.30. The SMILES string of the molecule is Nn1c(Cc2ccccc2)nnc1SCC(=O)N1CCCC1. The van der Waals surface area contributed by atoms with Gasteiger partial charge in [0.25, 0.3) is 0 Å². The van der Waals surface area contributed by atoms with E-state index in [1.165, 1.54) is 16.4 Å². The minimum absolute atomic E-state index is 0.148. The van der Waals surface area contributed by atoms with Gasteiger partial charge in [0, 0.05) is 19.5 Å². The Hall–Kier alpha value is -2.02. The number of carbonyl (C=O) groups is 1. The summed E-state index contributed by atoms with van der Waals surface area (Å²) >= 11 is 1.35. The van der Waals surface area contributed by atoms with Crippen molar-refractivity contribution in [3.05, 3.63) is 41.7 Å². The molecule has 1 aliphatic rings. The zero-order valence-corrected chi connectivity index (χ0v) is 13.1. The summed E-state index contributed by atoms with van der Waals surface area (Å²) in [6.45, 7) is 1.74. The van der Waals surface area contributed by atoms with Crippen LogP contribution < -0.4 is 5.84 Å². The zero-order valence-electron chi connectivity index (χ0n) is 12.3. The summed E-state index contributed by atoms with van der Waals surface area (Å²) in [4.78, 5) is 13.9. The molecule has 0 spiro atoms. The van der Waals surface area contributed by atoms with Crippen LogP contribution in [0.25, 0.3) is 0 Å². The Kier molecular flexibility index (Phi) is 4.62. The molecule has 0 bridgehead atoms. The van der Waals surface area contributed by atoms with Crippen LogP contribution in [0.4, 0.5) is 0 Å². The van der Waals surface area contributed by atoms with Crippen LogP contribution in [0.15, 0.2) is 35.5 Å². The van der Waals surface area contributed by atoms with Crippen LogP contribution in [0.1, 0.15) is 24.2 Å². The smallest absolute Gasteiger partial charge is 0.233 e. The van der Waals surface area contributed by atoms with Crippen molar-refractivity contribution in [1.82, 2.24) is 19.8 Å². The van der Waals surface area contributed by atoms with Crippen molar-refractivity contribution >= 4 is 17.7 Å². The molecule has 0 unspecified atom stereocenters. The lowest BCUT2D eigenvalue weighted by molar-refractivity contribution is -0.127. The van der Waals surface area contributed by atoms with E-state index in [2.05, 4.69) is 10.2 Å². The van der Waals surface area contributed by atoms with E-state index in [-0.39, 0.29) is 5.91 Å². The van der Waals surface area contributed by atoms with Crippen molar-refractivity contribution in [3.63, 3.8) is 0 Å². The van der Waals surface area contributed by atoms with Crippen LogP contribution in [0.3, 0.4) is 0 Å². The topological polar surface area (TPSA) is 77.0 Å². The fraction of sp³-hybridized carbons (Fsp3) is 0.400. The van der Waals surface area contributed by atoms with Gasteiger partial charge in [-0.25, -0.2) is 4.68 Å². The number of hydrogen-bond donors (Lipinski definition) is 1. The maximum atomic E-state index is 12.0. The lowest BCUT2D eigenvalue weighted by atomic mass is 10.1. The van der Waals surface area contributed by atoms with Gasteiger partial charge in [-0.15, -0.1) is 10.2 Å². The van der Waals surface area contributed by atoms with Crippen molar-refractivity contribution in [1.29, 1.82) is 0 Å². The maximum absolute atomic E-state index is 12.0. The van der Waals surface area contributed by atoms with E-state index in [0.717, 1.165) is 31.5 Å². The van der Waals surface area contributed by atoms with Crippen LogP contribution in [0.2, 0.25) is 0 Å². The van der Waals surface area contributed by atoms with E-state index >= 15 is 0 Å². The fourth-order valence-corrected chi connectivity index (χ4v) is 3.27. The average molecular weight is 317 g/mol. The van der Waals surface area contributed by atoms with Gasteiger partial charge >= 0.3 is 0 Å². The molecule has 116 valence electrons. The molecule has 1 saturated heterocycles. The summed E-state index contributed by atoms with van der Waals surface area (Å²) in [7, 11) is 0. The summed E-state index contributed by atoms with van der Waals surface area (Å²) in [5, 5.41) is 8.80. The van der Waals surface area contributed by atoms with Gasteiger partial charge in [-0.2, -0.15) is 0 Å². The normalized spacial score (nSPS) is 14.5. The molecule has 1 fully saturated rings. The van der Waals surface area contributed by atoms with Gasteiger partial charge in [0.2, 0.25) is 11.1 Å². The van der Waals surface area contributed by atoms with Gasteiger partial charge in [0.05, 0.1) is 5.75 Å². The standard InChI is InChI=1S/C15H19N5OS/c16-20-13(10-12-6-2-1-3-7-12)17-18-15(20)22-11-14(21)19-8-4-5-9-19/h1-3,6-7H,4-5,8-11,16H2. The molecule has 1 amide bonds. The third kappa shape index (κ3) is 3.41. The lowest BCUT2D eigenvalue weighted by Gasteiger charge is -2.14. The molecule has 22 heavy (non-hydrogen) atoms. The Bertz CT molecular complexity index is 637. The second-order valence-corrected chi connectivity index (χ2v) is 6.25. The number of nitrogens with two attached hydrogens (primary N) is 1. The molecule has 7 heteroatoms. The first-order valence-electron chi connectivity index (χ1n) is 7.38. The molecule has 0 atom stereocenters. The Morgan fingerprint density at radius 2 is 1.91 bits per heavy atom. The Labute approximate surface area is 133 Å². The van der Waals surface area contributed by atoms with E-state index in [1.807, 2.05) is 35.2 Å². The number of thioether (sulfide) groups is 1. The largest absolute Gasteiger partial charge is 0.342 e. The molecule has 0 saturated carbocycles. The highest BCUT2D eigenvalue weighted by Gasteiger charge is 2.19. The molecule has 2 aromatic rings. The van der Waals surface area contributed by atoms with Gasteiger partial charge in [-0.3, -0.25) is 4.79 Å². The summed E-state index contributed by atoms with van der Waals surface area (Å²) in [5.41, 5.74) is 1.13. The van der Waals surface area contributed by atoms with Gasteiger partial charge in [0.1, 0.15) is 0 Å². The van der Waals surface area contributed by atoms with E-state index in [1.54, 1.807) is 0 Å². The van der Waals surface area contributed by atoms with E-state index < -0.39 is 0 Å². The molecule has 1 aromatic carbocycles. The van der Waals surface area contributed by atoms with Crippen molar-refractivity contribution in [2.45, 2.75) is 24.4 Å².